The molecule has 8 heteroatoms. The van der Waals surface area contributed by atoms with Gasteiger partial charge < -0.3 is 16.0 Å². The van der Waals surface area contributed by atoms with Crippen LogP contribution in [0, 0.1) is 5.82 Å². The fraction of sp³-hybridized carbons (Fsp3) is 0.211. The number of hydrogen-bond donors (Lipinski definition) is 3. The molecule has 1 atom stereocenters. The van der Waals surface area contributed by atoms with Gasteiger partial charge in [-0.15, -0.1) is 0 Å². The molecule has 1 saturated heterocycles. The van der Waals surface area contributed by atoms with E-state index in [0.717, 1.165) is 29.6 Å². The number of nitrogens with one attached hydrogen (secondary N) is 2. The summed E-state index contributed by atoms with van der Waals surface area (Å²) >= 11 is 0. The van der Waals surface area contributed by atoms with Gasteiger partial charge in [-0.2, -0.15) is 0 Å². The zero-order chi connectivity index (χ0) is 19.0. The van der Waals surface area contributed by atoms with Crippen LogP contribution in [-0.2, 0) is 11.0 Å². The number of hydrogen-bond acceptors (Lipinski definition) is 3. The van der Waals surface area contributed by atoms with Gasteiger partial charge in [0.25, 0.3) is 0 Å². The molecular weight excluding hydrogens is 367 g/mol. The highest BCUT2D eigenvalue weighted by Crippen LogP contribution is 2.31. The van der Waals surface area contributed by atoms with E-state index in [0.29, 0.717) is 23.5 Å². The average molecular weight is 386 g/mol. The van der Waals surface area contributed by atoms with Crippen molar-refractivity contribution in [1.29, 1.82) is 0 Å². The standard InChI is InChI=1S/C19H19FN4O2S/c20-13-2-3-14-16(11-23-17(14)10-13)12-1-4-18(15(9-12)19(21)25)27(26)24-7-5-22-6-8-24/h1-4,9-11,22-23H,5-8H2,(H2,21,25). The molecule has 0 spiro atoms. The Labute approximate surface area is 158 Å². The second kappa shape index (κ2) is 7.22. The molecule has 2 heterocycles. The second-order valence-electron chi connectivity index (χ2n) is 6.40. The lowest BCUT2D eigenvalue weighted by molar-refractivity contribution is 0.0997. The normalized spacial score (nSPS) is 16.5. The van der Waals surface area contributed by atoms with Crippen molar-refractivity contribution in [2.24, 2.45) is 5.73 Å². The van der Waals surface area contributed by atoms with E-state index in [1.165, 1.54) is 12.1 Å². The van der Waals surface area contributed by atoms with E-state index in [2.05, 4.69) is 10.3 Å². The van der Waals surface area contributed by atoms with Crippen LogP contribution in [0.5, 0.6) is 0 Å². The summed E-state index contributed by atoms with van der Waals surface area (Å²) in [5.74, 6) is -0.947. The molecule has 1 amide bonds. The first-order chi connectivity index (χ1) is 13.0. The number of piperazine rings is 1. The first kappa shape index (κ1) is 17.8. The van der Waals surface area contributed by atoms with Gasteiger partial charge in [-0.05, 0) is 35.9 Å². The lowest BCUT2D eigenvalue weighted by Crippen LogP contribution is -2.44. The zero-order valence-corrected chi connectivity index (χ0v) is 15.3. The van der Waals surface area contributed by atoms with Crippen molar-refractivity contribution >= 4 is 27.8 Å². The van der Waals surface area contributed by atoms with Crippen molar-refractivity contribution in [3.63, 3.8) is 0 Å². The Morgan fingerprint density at radius 1 is 1.15 bits per heavy atom. The average Bonchev–Trinajstić information content (AvgIpc) is 3.10. The minimum absolute atomic E-state index is 0.237. The molecule has 1 unspecified atom stereocenters. The zero-order valence-electron chi connectivity index (χ0n) is 14.5. The molecule has 1 aromatic heterocycles. The topological polar surface area (TPSA) is 91.2 Å². The Balaban J connectivity index is 1.76. The molecule has 2 aromatic carbocycles. The maximum absolute atomic E-state index is 13.4. The van der Waals surface area contributed by atoms with Gasteiger partial charge >= 0.3 is 0 Å². The van der Waals surface area contributed by atoms with Crippen molar-refractivity contribution in [2.75, 3.05) is 26.2 Å². The summed E-state index contributed by atoms with van der Waals surface area (Å²) < 4.78 is 28.2. The molecular formula is C19H19FN4O2S. The van der Waals surface area contributed by atoms with Crippen molar-refractivity contribution in [3.8, 4) is 11.1 Å². The van der Waals surface area contributed by atoms with Crippen LogP contribution in [0.15, 0.2) is 47.5 Å². The summed E-state index contributed by atoms with van der Waals surface area (Å²) in [4.78, 5) is 15.5. The van der Waals surface area contributed by atoms with Crippen LogP contribution in [0.4, 0.5) is 4.39 Å². The lowest BCUT2D eigenvalue weighted by atomic mass is 10.0. The molecule has 0 bridgehead atoms. The first-order valence-electron chi connectivity index (χ1n) is 8.63. The Bertz CT molecular complexity index is 1040. The summed E-state index contributed by atoms with van der Waals surface area (Å²) in [5, 5.41) is 4.05. The van der Waals surface area contributed by atoms with Crippen LogP contribution in [0.2, 0.25) is 0 Å². The maximum Gasteiger partial charge on any atom is 0.250 e. The number of carbonyl (C=O) groups excluding carboxylic acids is 1. The Morgan fingerprint density at radius 3 is 2.67 bits per heavy atom. The summed E-state index contributed by atoms with van der Waals surface area (Å²) in [6, 6.07) is 9.66. The number of nitrogens with two attached hydrogens (primary N) is 1. The predicted molar refractivity (Wildman–Crippen MR) is 103 cm³/mol. The smallest absolute Gasteiger partial charge is 0.250 e. The van der Waals surface area contributed by atoms with Crippen molar-refractivity contribution in [2.45, 2.75) is 4.90 Å². The van der Waals surface area contributed by atoms with Crippen LogP contribution in [-0.4, -0.2) is 45.6 Å². The highest BCUT2D eigenvalue weighted by molar-refractivity contribution is 7.82. The van der Waals surface area contributed by atoms with E-state index in [1.54, 1.807) is 24.4 Å². The van der Waals surface area contributed by atoms with E-state index in [-0.39, 0.29) is 11.4 Å². The van der Waals surface area contributed by atoms with E-state index >= 15 is 0 Å². The number of carbonyl (C=O) groups is 1. The number of aromatic nitrogens is 1. The molecule has 27 heavy (non-hydrogen) atoms. The number of halogens is 1. The van der Waals surface area contributed by atoms with Gasteiger partial charge in [0, 0.05) is 48.8 Å². The highest BCUT2D eigenvalue weighted by atomic mass is 32.2. The van der Waals surface area contributed by atoms with E-state index in [4.69, 9.17) is 5.73 Å². The third-order valence-corrected chi connectivity index (χ3v) is 6.26. The Kier molecular flexibility index (Phi) is 4.77. The molecule has 140 valence electrons. The van der Waals surface area contributed by atoms with Crippen LogP contribution in [0.3, 0.4) is 0 Å². The molecule has 1 fully saturated rings. The lowest BCUT2D eigenvalue weighted by Gasteiger charge is -2.26. The Morgan fingerprint density at radius 2 is 1.93 bits per heavy atom. The summed E-state index contributed by atoms with van der Waals surface area (Å²) in [6.45, 7) is 2.78. The van der Waals surface area contributed by atoms with Gasteiger partial charge in [0.2, 0.25) is 5.91 Å². The molecule has 1 aliphatic rings. The molecule has 4 rings (SSSR count). The number of primary amides is 1. The number of nitrogens with zero attached hydrogens (tertiary/aromatic N) is 1. The number of H-pyrrole nitrogens is 1. The molecule has 6 nitrogen and oxygen atoms in total. The van der Waals surface area contributed by atoms with Crippen LogP contribution in [0.1, 0.15) is 10.4 Å². The van der Waals surface area contributed by atoms with Crippen molar-refractivity contribution in [1.82, 2.24) is 14.6 Å². The maximum atomic E-state index is 13.4. The minimum Gasteiger partial charge on any atom is -0.366 e. The van der Waals surface area contributed by atoms with Gasteiger partial charge in [0.05, 0.1) is 10.5 Å². The van der Waals surface area contributed by atoms with Gasteiger partial charge in [-0.1, -0.05) is 6.07 Å². The summed E-state index contributed by atoms with van der Waals surface area (Å²) in [5.41, 5.74) is 8.06. The fourth-order valence-electron chi connectivity index (χ4n) is 3.33. The van der Waals surface area contributed by atoms with E-state index in [9.17, 15) is 13.4 Å². The third-order valence-electron chi connectivity index (χ3n) is 4.70. The summed E-state index contributed by atoms with van der Waals surface area (Å²) in [6.07, 6.45) is 1.76. The second-order valence-corrected chi connectivity index (χ2v) is 7.85. The molecule has 3 aromatic rings. The number of aromatic amines is 1. The fourth-order valence-corrected chi connectivity index (χ4v) is 4.65. The largest absolute Gasteiger partial charge is 0.366 e. The van der Waals surface area contributed by atoms with Crippen molar-refractivity contribution < 1.29 is 13.4 Å². The number of fused-ring (bicyclic) bond motifs is 1. The van der Waals surface area contributed by atoms with Gasteiger partial charge in [-0.3, -0.25) is 4.79 Å². The minimum atomic E-state index is -1.45. The van der Waals surface area contributed by atoms with Crippen LogP contribution < -0.4 is 11.1 Å². The number of benzene rings is 2. The Hall–Kier alpha value is -2.55. The van der Waals surface area contributed by atoms with Crippen molar-refractivity contribution in [3.05, 3.63) is 54.0 Å². The molecule has 1 aliphatic heterocycles. The molecule has 0 saturated carbocycles. The SMILES string of the molecule is NC(=O)c1cc(-c2c[nH]c3cc(F)ccc23)ccc1S(=O)N1CCNCC1. The van der Waals surface area contributed by atoms with Gasteiger partial charge in [-0.25, -0.2) is 12.9 Å². The van der Waals surface area contributed by atoms with Crippen LogP contribution >= 0.6 is 0 Å². The first-order valence-corrected chi connectivity index (χ1v) is 9.73. The van der Waals surface area contributed by atoms with E-state index in [1.807, 2.05) is 10.4 Å². The molecule has 4 N–H and O–H groups in total. The molecule has 0 aliphatic carbocycles. The number of amides is 1. The predicted octanol–water partition coefficient (Wildman–Crippen LogP) is 2.00. The van der Waals surface area contributed by atoms with Crippen LogP contribution in [0.25, 0.3) is 22.0 Å². The van der Waals surface area contributed by atoms with Gasteiger partial charge in [0.15, 0.2) is 0 Å². The highest BCUT2D eigenvalue weighted by Gasteiger charge is 2.23. The number of rotatable bonds is 4. The molecule has 0 radical (unpaired) electrons. The van der Waals surface area contributed by atoms with Gasteiger partial charge in [0.1, 0.15) is 16.8 Å². The quantitative estimate of drug-likeness (QED) is 0.641. The monoisotopic (exact) mass is 386 g/mol. The third kappa shape index (κ3) is 3.39. The summed E-state index contributed by atoms with van der Waals surface area (Å²) in [7, 11) is -1.45. The van der Waals surface area contributed by atoms with E-state index < -0.39 is 16.9 Å².